The largest absolute Gasteiger partial charge is 0.311 e. The Kier molecular flexibility index (Phi) is 5.27. The Bertz CT molecular complexity index is 899. The number of carbonyl (C=O) groups excluding carboxylic acids is 1. The van der Waals surface area contributed by atoms with E-state index in [1.807, 2.05) is 0 Å². The molecule has 0 bridgehead atoms. The number of hydrogen-bond acceptors (Lipinski definition) is 4. The molecule has 0 unspecified atom stereocenters. The number of sulfonamides is 1. The van der Waals surface area contributed by atoms with Crippen LogP contribution in [0, 0.1) is 0 Å². The lowest BCUT2D eigenvalue weighted by Gasteiger charge is -2.21. The molecule has 0 aliphatic carbocycles. The van der Waals surface area contributed by atoms with Gasteiger partial charge in [-0.2, -0.15) is 0 Å². The summed E-state index contributed by atoms with van der Waals surface area (Å²) in [5.41, 5.74) is 1.08. The van der Waals surface area contributed by atoms with E-state index in [1.165, 1.54) is 6.92 Å². The van der Waals surface area contributed by atoms with Gasteiger partial charge in [-0.05, 0) is 54.6 Å². The van der Waals surface area contributed by atoms with E-state index in [1.54, 1.807) is 59.1 Å². The second-order valence-corrected chi connectivity index (χ2v) is 8.87. The second-order valence-electron chi connectivity index (χ2n) is 5.61. The lowest BCUT2D eigenvalue weighted by atomic mass is 10.2. The summed E-state index contributed by atoms with van der Waals surface area (Å²) in [4.78, 5) is 14.6. The van der Waals surface area contributed by atoms with Crippen LogP contribution in [0.4, 0.5) is 11.4 Å². The fourth-order valence-corrected chi connectivity index (χ4v) is 4.76. The molecule has 1 aliphatic rings. The smallest absolute Gasteiger partial charge is 0.261 e. The zero-order valence-corrected chi connectivity index (χ0v) is 15.9. The highest BCUT2D eigenvalue weighted by Gasteiger charge is 2.23. The molecule has 1 N–H and O–H groups in total. The maximum absolute atomic E-state index is 12.7. The lowest BCUT2D eigenvalue weighted by molar-refractivity contribution is -0.116. The molecule has 3 rings (SSSR count). The van der Waals surface area contributed by atoms with Crippen molar-refractivity contribution in [2.75, 3.05) is 21.9 Å². The van der Waals surface area contributed by atoms with E-state index in [2.05, 4.69) is 4.72 Å². The van der Waals surface area contributed by atoms with Crippen LogP contribution in [0.25, 0.3) is 0 Å². The molecule has 0 atom stereocenters. The zero-order chi connectivity index (χ0) is 18.0. The molecule has 0 saturated carbocycles. The van der Waals surface area contributed by atoms with Gasteiger partial charge < -0.3 is 4.90 Å². The van der Waals surface area contributed by atoms with Crippen LogP contribution >= 0.6 is 23.4 Å². The SMILES string of the molecule is CC(=O)N1CCCSc2ccc(S(=O)(=O)Nc3ccc(Cl)cc3)cc21. The van der Waals surface area contributed by atoms with Gasteiger partial charge in [0.25, 0.3) is 10.0 Å². The summed E-state index contributed by atoms with van der Waals surface area (Å²) in [5, 5.41) is 0.530. The predicted octanol–water partition coefficient (Wildman–Crippen LogP) is 3.99. The fourth-order valence-electron chi connectivity index (χ4n) is 2.58. The molecule has 1 aliphatic heterocycles. The van der Waals surface area contributed by atoms with Crippen LogP contribution in [-0.4, -0.2) is 26.6 Å². The van der Waals surface area contributed by atoms with E-state index in [4.69, 9.17) is 11.6 Å². The minimum Gasteiger partial charge on any atom is -0.311 e. The van der Waals surface area contributed by atoms with Crippen molar-refractivity contribution in [1.82, 2.24) is 0 Å². The summed E-state index contributed by atoms with van der Waals surface area (Å²) < 4.78 is 27.9. The first-order valence-corrected chi connectivity index (χ1v) is 10.5. The molecule has 1 heterocycles. The Balaban J connectivity index is 1.97. The maximum atomic E-state index is 12.7. The van der Waals surface area contributed by atoms with Gasteiger partial charge in [-0.25, -0.2) is 8.42 Å². The Labute approximate surface area is 156 Å². The van der Waals surface area contributed by atoms with Crippen molar-refractivity contribution in [3.8, 4) is 0 Å². The first-order valence-electron chi connectivity index (χ1n) is 7.70. The Morgan fingerprint density at radius 3 is 2.60 bits per heavy atom. The van der Waals surface area contributed by atoms with E-state index >= 15 is 0 Å². The maximum Gasteiger partial charge on any atom is 0.261 e. The third-order valence-electron chi connectivity index (χ3n) is 3.79. The Hall–Kier alpha value is -1.70. The summed E-state index contributed by atoms with van der Waals surface area (Å²) in [6, 6.07) is 11.3. The highest BCUT2D eigenvalue weighted by molar-refractivity contribution is 7.99. The summed E-state index contributed by atoms with van der Waals surface area (Å²) in [7, 11) is -3.76. The number of nitrogens with one attached hydrogen (secondary N) is 1. The average Bonchev–Trinajstić information content (AvgIpc) is 2.78. The van der Waals surface area contributed by atoms with Crippen molar-refractivity contribution in [2.45, 2.75) is 23.1 Å². The summed E-state index contributed by atoms with van der Waals surface area (Å²) >= 11 is 7.46. The number of fused-ring (bicyclic) bond motifs is 1. The lowest BCUT2D eigenvalue weighted by Crippen LogP contribution is -2.29. The summed E-state index contributed by atoms with van der Waals surface area (Å²) in [6.07, 6.45) is 0.865. The van der Waals surface area contributed by atoms with Crippen LogP contribution in [0.3, 0.4) is 0 Å². The molecule has 25 heavy (non-hydrogen) atoms. The molecule has 0 saturated heterocycles. The van der Waals surface area contributed by atoms with Crippen molar-refractivity contribution in [1.29, 1.82) is 0 Å². The summed E-state index contributed by atoms with van der Waals surface area (Å²) in [5.74, 6) is 0.801. The predicted molar refractivity (Wildman–Crippen MR) is 102 cm³/mol. The van der Waals surface area contributed by atoms with Gasteiger partial charge in [-0.3, -0.25) is 9.52 Å². The van der Waals surface area contributed by atoms with Crippen molar-refractivity contribution in [3.05, 3.63) is 47.5 Å². The first kappa shape index (κ1) is 18.1. The number of anilines is 2. The van der Waals surface area contributed by atoms with Crippen molar-refractivity contribution in [3.63, 3.8) is 0 Å². The van der Waals surface area contributed by atoms with E-state index in [-0.39, 0.29) is 10.8 Å². The second kappa shape index (κ2) is 7.27. The van der Waals surface area contributed by atoms with Crippen LogP contribution in [0.15, 0.2) is 52.3 Å². The van der Waals surface area contributed by atoms with Gasteiger partial charge in [0, 0.05) is 29.1 Å². The van der Waals surface area contributed by atoms with Crippen LogP contribution in [0.1, 0.15) is 13.3 Å². The molecule has 0 spiro atoms. The molecule has 2 aromatic carbocycles. The highest BCUT2D eigenvalue weighted by atomic mass is 35.5. The minimum absolute atomic E-state index is 0.0936. The van der Waals surface area contributed by atoms with E-state index in [9.17, 15) is 13.2 Å². The minimum atomic E-state index is -3.76. The molecule has 132 valence electrons. The van der Waals surface area contributed by atoms with Gasteiger partial charge in [0.2, 0.25) is 5.91 Å². The number of amides is 1. The average molecular weight is 397 g/mol. The first-order chi connectivity index (χ1) is 11.9. The Morgan fingerprint density at radius 1 is 1.20 bits per heavy atom. The third-order valence-corrected chi connectivity index (χ3v) is 6.57. The molecule has 0 aromatic heterocycles. The van der Waals surface area contributed by atoms with Crippen LogP contribution in [0.5, 0.6) is 0 Å². The van der Waals surface area contributed by atoms with Gasteiger partial charge in [-0.15, -0.1) is 11.8 Å². The third kappa shape index (κ3) is 4.11. The molecular formula is C17H17ClN2O3S2. The number of carbonyl (C=O) groups is 1. The zero-order valence-electron chi connectivity index (χ0n) is 13.5. The monoisotopic (exact) mass is 396 g/mol. The number of benzene rings is 2. The number of nitrogens with zero attached hydrogens (tertiary/aromatic N) is 1. The quantitative estimate of drug-likeness (QED) is 0.851. The molecule has 5 nitrogen and oxygen atoms in total. The Morgan fingerprint density at radius 2 is 1.92 bits per heavy atom. The highest BCUT2D eigenvalue weighted by Crippen LogP contribution is 2.36. The van der Waals surface area contributed by atoms with Gasteiger partial charge >= 0.3 is 0 Å². The van der Waals surface area contributed by atoms with E-state index < -0.39 is 10.0 Å². The normalized spacial score (nSPS) is 14.6. The fraction of sp³-hybridized carbons (Fsp3) is 0.235. The van der Waals surface area contributed by atoms with Crippen LogP contribution < -0.4 is 9.62 Å². The van der Waals surface area contributed by atoms with Crippen molar-refractivity contribution in [2.24, 2.45) is 0 Å². The van der Waals surface area contributed by atoms with Crippen molar-refractivity contribution < 1.29 is 13.2 Å². The number of thioether (sulfide) groups is 1. The summed E-state index contributed by atoms with van der Waals surface area (Å²) in [6.45, 7) is 2.08. The van der Waals surface area contributed by atoms with Crippen molar-refractivity contribution >= 4 is 50.7 Å². The molecule has 0 fully saturated rings. The van der Waals surface area contributed by atoms with E-state index in [0.717, 1.165) is 17.1 Å². The van der Waals surface area contributed by atoms with Gasteiger partial charge in [0.1, 0.15) is 0 Å². The number of hydrogen-bond donors (Lipinski definition) is 1. The van der Waals surface area contributed by atoms with Crippen LogP contribution in [0.2, 0.25) is 5.02 Å². The molecule has 0 radical (unpaired) electrons. The van der Waals surface area contributed by atoms with Gasteiger partial charge in [0.15, 0.2) is 0 Å². The van der Waals surface area contributed by atoms with Gasteiger partial charge in [0.05, 0.1) is 10.6 Å². The molecule has 8 heteroatoms. The number of halogens is 1. The standard InChI is InChI=1S/C17H17ClN2O3S2/c1-12(21)20-9-2-10-24-17-8-7-15(11-16(17)20)25(22,23)19-14-5-3-13(18)4-6-14/h3-8,11,19H,2,9-10H2,1H3. The van der Waals surface area contributed by atoms with E-state index in [0.29, 0.717) is 22.9 Å². The molecule has 2 aromatic rings. The molecular weight excluding hydrogens is 380 g/mol. The number of rotatable bonds is 3. The van der Waals surface area contributed by atoms with Crippen LogP contribution in [-0.2, 0) is 14.8 Å². The van der Waals surface area contributed by atoms with Gasteiger partial charge in [-0.1, -0.05) is 11.6 Å². The topological polar surface area (TPSA) is 66.5 Å². The molecule has 1 amide bonds.